The first-order valence-electron chi connectivity index (χ1n) is 11.5. The quantitative estimate of drug-likeness (QED) is 0.278. The van der Waals surface area contributed by atoms with E-state index >= 15 is 0 Å². The van der Waals surface area contributed by atoms with Crippen molar-refractivity contribution < 1.29 is 9.53 Å². The zero-order valence-corrected chi connectivity index (χ0v) is 20.6. The van der Waals surface area contributed by atoms with E-state index in [0.29, 0.717) is 23.0 Å². The number of anilines is 1. The molecular formula is C29H25N3O2S. The molecule has 0 bridgehead atoms. The van der Waals surface area contributed by atoms with Crippen molar-refractivity contribution in [3.8, 4) is 28.3 Å². The normalized spacial score (nSPS) is 10.9. The van der Waals surface area contributed by atoms with E-state index in [0.717, 1.165) is 39.0 Å². The molecule has 5 aromatic rings. The smallest absolute Gasteiger partial charge is 0.258 e. The molecule has 6 heteroatoms. The Labute approximate surface area is 208 Å². The molecule has 2 heterocycles. The highest BCUT2D eigenvalue weighted by atomic mass is 32.1. The van der Waals surface area contributed by atoms with Gasteiger partial charge in [-0.15, -0.1) is 11.3 Å². The number of thiazole rings is 1. The second kappa shape index (κ2) is 9.68. The lowest BCUT2D eigenvalue weighted by Crippen LogP contribution is -2.13. The molecule has 0 radical (unpaired) electrons. The molecule has 1 amide bonds. The maximum absolute atomic E-state index is 13.5. The SMILES string of the molecule is CCOc1cccc(-c2cc(C(=O)Nc3nc(-c4cc(C)ccc4C)cs3)c3ccccc3n2)c1. The molecule has 174 valence electrons. The molecule has 0 unspecified atom stereocenters. The Bertz CT molecular complexity index is 1540. The van der Waals surface area contributed by atoms with Crippen LogP contribution in [0, 0.1) is 13.8 Å². The number of aryl methyl sites for hydroxylation is 2. The summed E-state index contributed by atoms with van der Waals surface area (Å²) in [6, 6.07) is 23.6. The summed E-state index contributed by atoms with van der Waals surface area (Å²) in [5, 5.41) is 6.33. The van der Waals surface area contributed by atoms with Crippen LogP contribution >= 0.6 is 11.3 Å². The van der Waals surface area contributed by atoms with Gasteiger partial charge in [-0.2, -0.15) is 0 Å². The minimum absolute atomic E-state index is 0.215. The van der Waals surface area contributed by atoms with E-state index in [1.807, 2.05) is 66.9 Å². The van der Waals surface area contributed by atoms with E-state index in [2.05, 4.69) is 37.4 Å². The van der Waals surface area contributed by atoms with Crippen LogP contribution < -0.4 is 10.1 Å². The minimum atomic E-state index is -0.215. The highest BCUT2D eigenvalue weighted by molar-refractivity contribution is 7.14. The molecule has 0 saturated carbocycles. The van der Waals surface area contributed by atoms with Gasteiger partial charge in [-0.3, -0.25) is 10.1 Å². The summed E-state index contributed by atoms with van der Waals surface area (Å²) in [5.74, 6) is 0.556. The van der Waals surface area contributed by atoms with E-state index in [1.54, 1.807) is 0 Å². The largest absolute Gasteiger partial charge is 0.494 e. The van der Waals surface area contributed by atoms with Gasteiger partial charge in [0.1, 0.15) is 5.75 Å². The zero-order chi connectivity index (χ0) is 24.4. The molecule has 0 spiro atoms. The molecule has 35 heavy (non-hydrogen) atoms. The third-order valence-corrected chi connectivity index (χ3v) is 6.55. The van der Waals surface area contributed by atoms with Gasteiger partial charge in [0.2, 0.25) is 0 Å². The number of aromatic nitrogens is 2. The fraction of sp³-hybridized carbons (Fsp3) is 0.138. The first kappa shape index (κ1) is 22.7. The number of nitrogens with zero attached hydrogens (tertiary/aromatic N) is 2. The van der Waals surface area contributed by atoms with Crippen LogP contribution in [0.5, 0.6) is 5.75 Å². The molecule has 0 fully saturated rings. The summed E-state index contributed by atoms with van der Waals surface area (Å²) in [7, 11) is 0. The fourth-order valence-electron chi connectivity index (χ4n) is 4.05. The van der Waals surface area contributed by atoms with E-state index in [9.17, 15) is 4.79 Å². The number of hydrogen-bond acceptors (Lipinski definition) is 5. The van der Waals surface area contributed by atoms with Crippen LogP contribution in [-0.2, 0) is 0 Å². The fourth-order valence-corrected chi connectivity index (χ4v) is 4.76. The van der Waals surface area contributed by atoms with Crippen molar-refractivity contribution in [1.29, 1.82) is 0 Å². The first-order chi connectivity index (χ1) is 17.0. The van der Waals surface area contributed by atoms with Crippen molar-refractivity contribution in [2.75, 3.05) is 11.9 Å². The predicted octanol–water partition coefficient (Wildman–Crippen LogP) is 7.29. The number of benzene rings is 3. The van der Waals surface area contributed by atoms with E-state index in [4.69, 9.17) is 14.7 Å². The summed E-state index contributed by atoms with van der Waals surface area (Å²) in [4.78, 5) is 23.0. The minimum Gasteiger partial charge on any atom is -0.494 e. The van der Waals surface area contributed by atoms with Crippen LogP contribution in [0.4, 0.5) is 5.13 Å². The number of amides is 1. The van der Waals surface area contributed by atoms with Gasteiger partial charge in [0.05, 0.1) is 29.1 Å². The maximum Gasteiger partial charge on any atom is 0.258 e. The van der Waals surface area contributed by atoms with Crippen LogP contribution in [0.15, 0.2) is 78.2 Å². The molecule has 2 aromatic heterocycles. The third-order valence-electron chi connectivity index (χ3n) is 5.80. The average Bonchev–Trinajstić information content (AvgIpc) is 3.33. The first-order valence-corrected chi connectivity index (χ1v) is 12.4. The van der Waals surface area contributed by atoms with Crippen molar-refractivity contribution in [3.63, 3.8) is 0 Å². The van der Waals surface area contributed by atoms with Gasteiger partial charge >= 0.3 is 0 Å². The van der Waals surface area contributed by atoms with Crippen molar-refractivity contribution in [2.24, 2.45) is 0 Å². The Hall–Kier alpha value is -4.03. The number of carbonyl (C=O) groups excluding carboxylic acids is 1. The van der Waals surface area contributed by atoms with Gasteiger partial charge in [-0.1, -0.05) is 48.0 Å². The second-order valence-electron chi connectivity index (χ2n) is 8.34. The molecule has 0 aliphatic heterocycles. The highest BCUT2D eigenvalue weighted by Crippen LogP contribution is 2.30. The van der Waals surface area contributed by atoms with Crippen molar-refractivity contribution in [1.82, 2.24) is 9.97 Å². The summed E-state index contributed by atoms with van der Waals surface area (Å²) in [6.45, 7) is 6.67. The molecule has 1 N–H and O–H groups in total. The molecule has 0 atom stereocenters. The van der Waals surface area contributed by atoms with Crippen LogP contribution in [0.2, 0.25) is 0 Å². The maximum atomic E-state index is 13.5. The van der Waals surface area contributed by atoms with Crippen LogP contribution in [0.1, 0.15) is 28.4 Å². The highest BCUT2D eigenvalue weighted by Gasteiger charge is 2.16. The Morgan fingerprint density at radius 2 is 1.80 bits per heavy atom. The second-order valence-corrected chi connectivity index (χ2v) is 9.20. The Morgan fingerprint density at radius 3 is 2.66 bits per heavy atom. The number of nitrogens with one attached hydrogen (secondary N) is 1. The van der Waals surface area contributed by atoms with Gasteiger partial charge < -0.3 is 4.74 Å². The number of pyridine rings is 1. The van der Waals surface area contributed by atoms with Gasteiger partial charge in [0.25, 0.3) is 5.91 Å². The standard InChI is InChI=1S/C29H25N3O2S/c1-4-34-21-9-7-8-20(15-21)26-16-24(22-10-5-6-11-25(22)30-26)28(33)32-29-31-27(17-35-29)23-14-18(2)12-13-19(23)3/h5-17H,4H2,1-3H3,(H,31,32,33). The van der Waals surface area contributed by atoms with Crippen molar-refractivity contribution in [2.45, 2.75) is 20.8 Å². The molecule has 0 aliphatic rings. The van der Waals surface area contributed by atoms with Crippen LogP contribution in [0.25, 0.3) is 33.4 Å². The van der Waals surface area contributed by atoms with Crippen molar-refractivity contribution >= 4 is 33.3 Å². The third kappa shape index (κ3) is 4.79. The number of rotatable bonds is 6. The van der Waals surface area contributed by atoms with Gasteiger partial charge in [-0.25, -0.2) is 9.97 Å². The van der Waals surface area contributed by atoms with E-state index in [1.165, 1.54) is 16.9 Å². The summed E-state index contributed by atoms with van der Waals surface area (Å²) >= 11 is 1.42. The predicted molar refractivity (Wildman–Crippen MR) is 143 cm³/mol. The Balaban J connectivity index is 1.50. The van der Waals surface area contributed by atoms with Crippen LogP contribution in [-0.4, -0.2) is 22.5 Å². The lowest BCUT2D eigenvalue weighted by Gasteiger charge is -2.11. The number of para-hydroxylation sites is 1. The number of fused-ring (bicyclic) bond motifs is 1. The number of hydrogen-bond donors (Lipinski definition) is 1. The molecule has 0 aliphatic carbocycles. The van der Waals surface area contributed by atoms with E-state index < -0.39 is 0 Å². The van der Waals surface area contributed by atoms with Gasteiger partial charge in [0.15, 0.2) is 5.13 Å². The van der Waals surface area contributed by atoms with Crippen LogP contribution in [0.3, 0.4) is 0 Å². The summed E-state index contributed by atoms with van der Waals surface area (Å²) in [5.41, 5.74) is 7.18. The average molecular weight is 480 g/mol. The molecule has 3 aromatic carbocycles. The number of ether oxygens (including phenoxy) is 1. The van der Waals surface area contributed by atoms with Gasteiger partial charge in [-0.05, 0) is 56.7 Å². The zero-order valence-electron chi connectivity index (χ0n) is 19.8. The monoisotopic (exact) mass is 479 g/mol. The number of carbonyl (C=O) groups is 1. The molecule has 5 rings (SSSR count). The van der Waals surface area contributed by atoms with Crippen molar-refractivity contribution in [3.05, 3.63) is 94.9 Å². The summed E-state index contributed by atoms with van der Waals surface area (Å²) < 4.78 is 5.65. The lowest BCUT2D eigenvalue weighted by molar-refractivity contribution is 0.102. The summed E-state index contributed by atoms with van der Waals surface area (Å²) in [6.07, 6.45) is 0. The lowest BCUT2D eigenvalue weighted by atomic mass is 10.0. The Morgan fingerprint density at radius 1 is 0.943 bits per heavy atom. The van der Waals surface area contributed by atoms with E-state index in [-0.39, 0.29) is 5.91 Å². The topological polar surface area (TPSA) is 64.1 Å². The molecule has 0 saturated heterocycles. The Kier molecular flexibility index (Phi) is 6.29. The molecule has 5 nitrogen and oxygen atoms in total. The van der Waals surface area contributed by atoms with Gasteiger partial charge in [0, 0.05) is 21.9 Å². The molecular weight excluding hydrogens is 454 g/mol.